The standard InChI is InChI=1S/C22H19N3O4S/c1-14-3-7-16(8-4-14)25-21(27)20-18(11-12-30-20)24(22(25)28)13-19(26)23-15-5-9-17(29-2)10-6-15/h3-12H,13H2,1-2H3,(H,23,26). The van der Waals surface area contributed by atoms with E-state index in [1.807, 2.05) is 19.1 Å². The number of ether oxygens (including phenoxy) is 1. The SMILES string of the molecule is COc1ccc(NC(=O)Cn2c(=O)n(-c3ccc(C)cc3)c(=O)c3sccc32)cc1. The Balaban J connectivity index is 1.73. The molecule has 0 fully saturated rings. The number of nitrogens with zero attached hydrogens (tertiary/aromatic N) is 2. The van der Waals surface area contributed by atoms with Crippen LogP contribution in [0.5, 0.6) is 5.75 Å². The predicted octanol–water partition coefficient (Wildman–Crippen LogP) is 3.17. The fourth-order valence-electron chi connectivity index (χ4n) is 3.18. The van der Waals surface area contributed by atoms with Crippen molar-refractivity contribution < 1.29 is 9.53 Å². The summed E-state index contributed by atoms with van der Waals surface area (Å²) in [6, 6.07) is 15.7. The Morgan fingerprint density at radius 2 is 1.73 bits per heavy atom. The molecule has 1 amide bonds. The highest BCUT2D eigenvalue weighted by Gasteiger charge is 2.17. The Labute approximate surface area is 175 Å². The first-order valence-electron chi connectivity index (χ1n) is 9.22. The number of aromatic nitrogens is 2. The van der Waals surface area contributed by atoms with Gasteiger partial charge in [0.2, 0.25) is 5.91 Å². The highest BCUT2D eigenvalue weighted by Crippen LogP contribution is 2.18. The predicted molar refractivity (Wildman–Crippen MR) is 118 cm³/mol. The molecule has 0 saturated heterocycles. The summed E-state index contributed by atoms with van der Waals surface area (Å²) in [6.45, 7) is 1.71. The van der Waals surface area contributed by atoms with Gasteiger partial charge in [0, 0.05) is 5.69 Å². The van der Waals surface area contributed by atoms with Crippen molar-refractivity contribution in [2.24, 2.45) is 0 Å². The summed E-state index contributed by atoms with van der Waals surface area (Å²) in [5.74, 6) is 0.304. The fourth-order valence-corrected chi connectivity index (χ4v) is 4.00. The molecule has 0 aliphatic heterocycles. The molecule has 0 saturated carbocycles. The second kappa shape index (κ2) is 8.00. The topological polar surface area (TPSA) is 82.3 Å². The van der Waals surface area contributed by atoms with Gasteiger partial charge < -0.3 is 10.1 Å². The van der Waals surface area contributed by atoms with Crippen molar-refractivity contribution in [3.8, 4) is 11.4 Å². The molecule has 8 heteroatoms. The second-order valence-electron chi connectivity index (χ2n) is 6.76. The molecule has 0 radical (unpaired) electrons. The van der Waals surface area contributed by atoms with E-state index in [2.05, 4.69) is 5.32 Å². The summed E-state index contributed by atoms with van der Waals surface area (Å²) in [4.78, 5) is 38.8. The van der Waals surface area contributed by atoms with Crippen molar-refractivity contribution >= 4 is 33.1 Å². The van der Waals surface area contributed by atoms with Gasteiger partial charge in [0.25, 0.3) is 5.56 Å². The number of nitrogens with one attached hydrogen (secondary N) is 1. The van der Waals surface area contributed by atoms with Crippen LogP contribution in [0.2, 0.25) is 0 Å². The van der Waals surface area contributed by atoms with Crippen molar-refractivity contribution in [3.05, 3.63) is 86.4 Å². The number of thiophene rings is 1. The summed E-state index contributed by atoms with van der Waals surface area (Å²) >= 11 is 1.25. The summed E-state index contributed by atoms with van der Waals surface area (Å²) < 4.78 is 7.97. The van der Waals surface area contributed by atoms with Crippen LogP contribution in [0.25, 0.3) is 15.9 Å². The molecule has 4 rings (SSSR count). The van der Waals surface area contributed by atoms with Gasteiger partial charge in [-0.05, 0) is 54.8 Å². The maximum Gasteiger partial charge on any atom is 0.336 e. The van der Waals surface area contributed by atoms with Crippen LogP contribution in [-0.2, 0) is 11.3 Å². The lowest BCUT2D eigenvalue weighted by molar-refractivity contribution is -0.116. The van der Waals surface area contributed by atoms with Crippen LogP contribution in [-0.4, -0.2) is 22.2 Å². The molecular weight excluding hydrogens is 402 g/mol. The summed E-state index contributed by atoms with van der Waals surface area (Å²) in [5, 5.41) is 4.51. The molecule has 0 aliphatic carbocycles. The van der Waals surface area contributed by atoms with Gasteiger partial charge in [-0.1, -0.05) is 17.7 Å². The number of aryl methyl sites for hydroxylation is 1. The third-order valence-electron chi connectivity index (χ3n) is 4.72. The maximum atomic E-state index is 13.2. The zero-order valence-corrected chi connectivity index (χ0v) is 17.2. The molecule has 1 N–H and O–H groups in total. The number of rotatable bonds is 5. The number of carbonyl (C=O) groups excluding carboxylic acids is 1. The number of hydrogen-bond donors (Lipinski definition) is 1. The van der Waals surface area contributed by atoms with E-state index in [4.69, 9.17) is 4.74 Å². The molecule has 152 valence electrons. The van der Waals surface area contributed by atoms with Crippen LogP contribution >= 0.6 is 11.3 Å². The van der Waals surface area contributed by atoms with Crippen molar-refractivity contribution in [1.29, 1.82) is 0 Å². The number of benzene rings is 2. The minimum atomic E-state index is -0.556. The van der Waals surface area contributed by atoms with E-state index in [1.165, 1.54) is 15.9 Å². The number of hydrogen-bond acceptors (Lipinski definition) is 5. The average molecular weight is 421 g/mol. The van der Waals surface area contributed by atoms with Gasteiger partial charge in [-0.3, -0.25) is 14.2 Å². The van der Waals surface area contributed by atoms with Gasteiger partial charge in [-0.2, -0.15) is 0 Å². The van der Waals surface area contributed by atoms with Crippen molar-refractivity contribution in [2.75, 3.05) is 12.4 Å². The molecular formula is C22H19N3O4S. The first-order chi connectivity index (χ1) is 14.5. The molecule has 30 heavy (non-hydrogen) atoms. The Morgan fingerprint density at radius 1 is 1.03 bits per heavy atom. The Hall–Kier alpha value is -3.65. The van der Waals surface area contributed by atoms with Crippen LogP contribution in [0.15, 0.2) is 69.6 Å². The molecule has 4 aromatic rings. The molecule has 0 atom stereocenters. The smallest absolute Gasteiger partial charge is 0.336 e. The van der Waals surface area contributed by atoms with E-state index in [9.17, 15) is 14.4 Å². The summed E-state index contributed by atoms with van der Waals surface area (Å²) in [6.07, 6.45) is 0. The summed E-state index contributed by atoms with van der Waals surface area (Å²) in [5.41, 5.74) is 1.57. The first kappa shape index (κ1) is 19.7. The van der Waals surface area contributed by atoms with Crippen molar-refractivity contribution in [2.45, 2.75) is 13.5 Å². The number of amides is 1. The third kappa shape index (κ3) is 3.65. The number of carbonyl (C=O) groups is 1. The van der Waals surface area contributed by atoms with Gasteiger partial charge >= 0.3 is 5.69 Å². The lowest BCUT2D eigenvalue weighted by Crippen LogP contribution is -2.40. The molecule has 0 bridgehead atoms. The van der Waals surface area contributed by atoms with E-state index >= 15 is 0 Å². The van der Waals surface area contributed by atoms with E-state index in [1.54, 1.807) is 55.0 Å². The minimum Gasteiger partial charge on any atom is -0.497 e. The Bertz CT molecular complexity index is 1330. The lowest BCUT2D eigenvalue weighted by atomic mass is 10.2. The van der Waals surface area contributed by atoms with Gasteiger partial charge in [-0.15, -0.1) is 11.3 Å². The number of fused-ring (bicyclic) bond motifs is 1. The third-order valence-corrected chi connectivity index (χ3v) is 5.61. The average Bonchev–Trinajstić information content (AvgIpc) is 3.23. The first-order valence-corrected chi connectivity index (χ1v) is 10.1. The van der Waals surface area contributed by atoms with Crippen LogP contribution in [0.4, 0.5) is 5.69 Å². The maximum absolute atomic E-state index is 13.2. The molecule has 0 aliphatic rings. The molecule has 0 spiro atoms. The van der Waals surface area contributed by atoms with Crippen LogP contribution in [0.1, 0.15) is 5.56 Å². The van der Waals surface area contributed by atoms with E-state index in [0.29, 0.717) is 27.3 Å². The van der Waals surface area contributed by atoms with Crippen LogP contribution < -0.4 is 21.3 Å². The van der Waals surface area contributed by atoms with E-state index in [-0.39, 0.29) is 18.0 Å². The second-order valence-corrected chi connectivity index (χ2v) is 7.67. The molecule has 7 nitrogen and oxygen atoms in total. The Morgan fingerprint density at radius 3 is 2.40 bits per heavy atom. The minimum absolute atomic E-state index is 0.218. The Kier molecular flexibility index (Phi) is 5.24. The zero-order valence-electron chi connectivity index (χ0n) is 16.4. The van der Waals surface area contributed by atoms with Crippen molar-refractivity contribution in [1.82, 2.24) is 9.13 Å². The van der Waals surface area contributed by atoms with Crippen molar-refractivity contribution in [3.63, 3.8) is 0 Å². The zero-order chi connectivity index (χ0) is 21.3. The number of methoxy groups -OCH3 is 1. The molecule has 2 aromatic heterocycles. The van der Waals surface area contributed by atoms with Gasteiger partial charge in [0.1, 0.15) is 17.0 Å². The van der Waals surface area contributed by atoms with Crippen LogP contribution in [0, 0.1) is 6.92 Å². The van der Waals surface area contributed by atoms with Gasteiger partial charge in [0.15, 0.2) is 0 Å². The molecule has 2 heterocycles. The summed E-state index contributed by atoms with van der Waals surface area (Å²) in [7, 11) is 1.56. The number of anilines is 1. The monoisotopic (exact) mass is 421 g/mol. The highest BCUT2D eigenvalue weighted by atomic mass is 32.1. The van der Waals surface area contributed by atoms with Gasteiger partial charge in [-0.25, -0.2) is 9.36 Å². The largest absolute Gasteiger partial charge is 0.497 e. The molecule has 0 unspecified atom stereocenters. The van der Waals surface area contributed by atoms with Crippen LogP contribution in [0.3, 0.4) is 0 Å². The van der Waals surface area contributed by atoms with E-state index in [0.717, 1.165) is 10.1 Å². The normalized spacial score (nSPS) is 10.9. The molecule has 2 aromatic carbocycles. The fraction of sp³-hybridized carbons (Fsp3) is 0.136. The highest BCUT2D eigenvalue weighted by molar-refractivity contribution is 7.17. The van der Waals surface area contributed by atoms with Gasteiger partial charge in [0.05, 0.1) is 18.3 Å². The van der Waals surface area contributed by atoms with E-state index < -0.39 is 5.69 Å². The quantitative estimate of drug-likeness (QED) is 0.537. The lowest BCUT2D eigenvalue weighted by Gasteiger charge is -2.13.